The maximum absolute atomic E-state index is 11.7. The number of nitrogens with zero attached hydrogens (tertiary/aromatic N) is 1. The van der Waals surface area contributed by atoms with Crippen LogP contribution in [-0.2, 0) is 14.6 Å². The van der Waals surface area contributed by atoms with Crippen LogP contribution in [0, 0.1) is 0 Å². The molecule has 2 N–H and O–H groups in total. The first kappa shape index (κ1) is 15.4. The highest BCUT2D eigenvalue weighted by atomic mass is 32.2. The van der Waals surface area contributed by atoms with Crippen molar-refractivity contribution >= 4 is 15.7 Å². The Kier molecular flexibility index (Phi) is 6.59. The van der Waals surface area contributed by atoms with Gasteiger partial charge >= 0.3 is 0 Å². The molecule has 96 valence electrons. The Labute approximate surface area is 97.9 Å². The van der Waals surface area contributed by atoms with E-state index in [4.69, 9.17) is 5.73 Å². The molecular weight excluding hydrogens is 228 g/mol. The largest absolute Gasteiger partial charge is 0.345 e. The zero-order chi connectivity index (χ0) is 12.8. The molecule has 0 saturated carbocycles. The number of sulfone groups is 1. The number of carbonyl (C=O) groups is 1. The van der Waals surface area contributed by atoms with Crippen molar-refractivity contribution in [1.82, 2.24) is 4.90 Å². The van der Waals surface area contributed by atoms with E-state index in [-0.39, 0.29) is 5.91 Å². The van der Waals surface area contributed by atoms with Gasteiger partial charge in [0.25, 0.3) is 0 Å². The van der Waals surface area contributed by atoms with Crippen LogP contribution in [0.1, 0.15) is 26.2 Å². The molecule has 0 aliphatic heterocycles. The van der Waals surface area contributed by atoms with Crippen LogP contribution in [0.25, 0.3) is 0 Å². The van der Waals surface area contributed by atoms with Crippen LogP contribution in [0.5, 0.6) is 0 Å². The summed E-state index contributed by atoms with van der Waals surface area (Å²) in [5, 5.41) is -0.952. The van der Waals surface area contributed by atoms with Gasteiger partial charge in [-0.3, -0.25) is 4.79 Å². The van der Waals surface area contributed by atoms with E-state index < -0.39 is 15.1 Å². The molecule has 1 atom stereocenters. The van der Waals surface area contributed by atoms with E-state index in [0.717, 1.165) is 25.5 Å². The number of hydrogen-bond donors (Lipinski definition) is 1. The molecule has 1 unspecified atom stereocenters. The first-order valence-corrected chi connectivity index (χ1v) is 7.40. The number of nitrogens with two attached hydrogens (primary N) is 1. The highest BCUT2D eigenvalue weighted by molar-refractivity contribution is 7.92. The summed E-state index contributed by atoms with van der Waals surface area (Å²) in [5.74, 6) is -0.338. The number of carbonyl (C=O) groups excluding carboxylic acids is 1. The van der Waals surface area contributed by atoms with E-state index in [9.17, 15) is 13.2 Å². The Bertz CT molecular complexity index is 314. The summed E-state index contributed by atoms with van der Waals surface area (Å²) < 4.78 is 22.4. The summed E-state index contributed by atoms with van der Waals surface area (Å²) in [6.45, 7) is 2.66. The van der Waals surface area contributed by atoms with E-state index in [0.29, 0.717) is 13.1 Å². The van der Waals surface area contributed by atoms with Crippen molar-refractivity contribution in [3.05, 3.63) is 0 Å². The van der Waals surface area contributed by atoms with Crippen molar-refractivity contribution in [3.63, 3.8) is 0 Å². The van der Waals surface area contributed by atoms with Gasteiger partial charge in [-0.15, -0.1) is 0 Å². The molecule has 0 bridgehead atoms. The molecule has 0 aromatic carbocycles. The summed E-state index contributed by atoms with van der Waals surface area (Å²) in [7, 11) is -1.66. The summed E-state index contributed by atoms with van der Waals surface area (Å²) in [6.07, 6.45) is 3.83. The van der Waals surface area contributed by atoms with Gasteiger partial charge in [0.2, 0.25) is 5.91 Å². The fraction of sp³-hybridized carbons (Fsp3) is 0.900. The first-order chi connectivity index (χ1) is 7.30. The molecule has 0 aliphatic carbocycles. The number of amides is 1. The van der Waals surface area contributed by atoms with Gasteiger partial charge in [0, 0.05) is 19.8 Å². The lowest BCUT2D eigenvalue weighted by Crippen LogP contribution is -2.39. The standard InChI is InChI=1S/C10H22N2O3S/c1-9(16(3,14)15)10(13)12(2)8-6-4-5-7-11/h9H,4-8,11H2,1-3H3. The van der Waals surface area contributed by atoms with Crippen molar-refractivity contribution in [2.24, 2.45) is 5.73 Å². The van der Waals surface area contributed by atoms with Gasteiger partial charge in [-0.25, -0.2) is 8.42 Å². The molecular formula is C10H22N2O3S. The maximum Gasteiger partial charge on any atom is 0.240 e. The topological polar surface area (TPSA) is 80.5 Å². The quantitative estimate of drug-likeness (QED) is 0.645. The molecule has 0 heterocycles. The van der Waals surface area contributed by atoms with Crippen LogP contribution in [0.3, 0.4) is 0 Å². The Morgan fingerprint density at radius 3 is 2.31 bits per heavy atom. The number of hydrogen-bond acceptors (Lipinski definition) is 4. The molecule has 0 aromatic rings. The van der Waals surface area contributed by atoms with Gasteiger partial charge in [0.1, 0.15) is 5.25 Å². The van der Waals surface area contributed by atoms with Crippen LogP contribution in [0.2, 0.25) is 0 Å². The molecule has 0 saturated heterocycles. The fourth-order valence-corrected chi connectivity index (χ4v) is 1.82. The third-order valence-corrected chi connectivity index (χ3v) is 4.05. The van der Waals surface area contributed by atoms with Gasteiger partial charge in [-0.2, -0.15) is 0 Å². The third kappa shape index (κ3) is 5.46. The monoisotopic (exact) mass is 250 g/mol. The second-order valence-corrected chi connectivity index (χ2v) is 6.45. The highest BCUT2D eigenvalue weighted by Gasteiger charge is 2.25. The average molecular weight is 250 g/mol. The van der Waals surface area contributed by atoms with E-state index in [1.165, 1.54) is 11.8 Å². The minimum atomic E-state index is -3.29. The van der Waals surface area contributed by atoms with Crippen LogP contribution in [0.15, 0.2) is 0 Å². The molecule has 0 fully saturated rings. The van der Waals surface area contributed by atoms with E-state index in [1.807, 2.05) is 0 Å². The van der Waals surface area contributed by atoms with Gasteiger partial charge < -0.3 is 10.6 Å². The molecule has 6 heteroatoms. The van der Waals surface area contributed by atoms with E-state index in [1.54, 1.807) is 7.05 Å². The third-order valence-electron chi connectivity index (χ3n) is 2.56. The Hall–Kier alpha value is -0.620. The second-order valence-electron chi connectivity index (χ2n) is 4.08. The minimum Gasteiger partial charge on any atom is -0.345 e. The van der Waals surface area contributed by atoms with E-state index >= 15 is 0 Å². The molecule has 0 radical (unpaired) electrons. The summed E-state index contributed by atoms with van der Waals surface area (Å²) in [5.41, 5.74) is 5.35. The predicted molar refractivity (Wildman–Crippen MR) is 64.8 cm³/mol. The van der Waals surface area contributed by atoms with Crippen molar-refractivity contribution < 1.29 is 13.2 Å². The zero-order valence-corrected chi connectivity index (χ0v) is 11.1. The zero-order valence-electron chi connectivity index (χ0n) is 10.3. The predicted octanol–water partition coefficient (Wildman–Crippen LogP) is 0.00690. The smallest absolute Gasteiger partial charge is 0.240 e. The van der Waals surface area contributed by atoms with Gasteiger partial charge in [0.15, 0.2) is 9.84 Å². The fourth-order valence-electron chi connectivity index (χ4n) is 1.27. The van der Waals surface area contributed by atoms with Crippen LogP contribution in [-0.4, -0.2) is 50.9 Å². The lowest BCUT2D eigenvalue weighted by atomic mass is 10.2. The summed E-state index contributed by atoms with van der Waals surface area (Å²) in [4.78, 5) is 13.1. The van der Waals surface area contributed by atoms with Crippen molar-refractivity contribution in [2.45, 2.75) is 31.4 Å². The SMILES string of the molecule is CC(C(=O)N(C)CCCCCN)S(C)(=O)=O. The number of rotatable bonds is 7. The minimum absolute atomic E-state index is 0.338. The van der Waals surface area contributed by atoms with Crippen molar-refractivity contribution in [3.8, 4) is 0 Å². The van der Waals surface area contributed by atoms with Crippen LogP contribution < -0.4 is 5.73 Å². The van der Waals surface area contributed by atoms with Crippen molar-refractivity contribution in [1.29, 1.82) is 0 Å². The number of unbranched alkanes of at least 4 members (excludes halogenated alkanes) is 2. The van der Waals surface area contributed by atoms with Crippen LogP contribution in [0.4, 0.5) is 0 Å². The molecule has 0 aromatic heterocycles. The summed E-state index contributed by atoms with van der Waals surface area (Å²) >= 11 is 0. The maximum atomic E-state index is 11.7. The molecule has 0 aliphatic rings. The molecule has 0 spiro atoms. The van der Waals surface area contributed by atoms with Gasteiger partial charge in [0.05, 0.1) is 0 Å². The van der Waals surface area contributed by atoms with Gasteiger partial charge in [-0.1, -0.05) is 6.42 Å². The van der Waals surface area contributed by atoms with Crippen molar-refractivity contribution in [2.75, 3.05) is 26.4 Å². The highest BCUT2D eigenvalue weighted by Crippen LogP contribution is 2.04. The Morgan fingerprint density at radius 2 is 1.88 bits per heavy atom. The second kappa shape index (κ2) is 6.85. The van der Waals surface area contributed by atoms with Gasteiger partial charge in [-0.05, 0) is 26.3 Å². The lowest BCUT2D eigenvalue weighted by Gasteiger charge is -2.20. The average Bonchev–Trinajstić information content (AvgIpc) is 2.20. The molecule has 0 rings (SSSR count). The van der Waals surface area contributed by atoms with E-state index in [2.05, 4.69) is 0 Å². The normalized spacial score (nSPS) is 13.5. The van der Waals surface area contributed by atoms with Crippen LogP contribution >= 0.6 is 0 Å². The summed E-state index contributed by atoms with van der Waals surface area (Å²) in [6, 6.07) is 0. The molecule has 16 heavy (non-hydrogen) atoms. The molecule has 5 nitrogen and oxygen atoms in total. The first-order valence-electron chi connectivity index (χ1n) is 5.44. The molecule has 1 amide bonds. The Balaban J connectivity index is 4.09. The lowest BCUT2D eigenvalue weighted by molar-refractivity contribution is -0.129. The Morgan fingerprint density at radius 1 is 1.31 bits per heavy atom.